The van der Waals surface area contributed by atoms with Crippen LogP contribution >= 0.6 is 0 Å². The van der Waals surface area contributed by atoms with E-state index in [9.17, 15) is 5.11 Å². The SMILES string of the molecule is COc1ccc(CN2CCCn3cccc3C2c2ccc(C)c(C)c2)cc1O. The first-order chi connectivity index (χ1) is 13.6. The second-order valence-corrected chi connectivity index (χ2v) is 7.70. The second-order valence-electron chi connectivity index (χ2n) is 7.70. The van der Waals surface area contributed by atoms with E-state index in [1.807, 2.05) is 18.2 Å². The zero-order valence-corrected chi connectivity index (χ0v) is 16.9. The van der Waals surface area contributed by atoms with Gasteiger partial charge in [0.15, 0.2) is 11.5 Å². The third-order valence-electron chi connectivity index (χ3n) is 5.83. The van der Waals surface area contributed by atoms with Crippen molar-refractivity contribution in [1.29, 1.82) is 0 Å². The number of phenols is 1. The van der Waals surface area contributed by atoms with Crippen LogP contribution in [0.5, 0.6) is 11.5 Å². The highest BCUT2D eigenvalue weighted by atomic mass is 16.5. The molecule has 1 unspecified atom stereocenters. The lowest BCUT2D eigenvalue weighted by molar-refractivity contribution is 0.220. The zero-order valence-electron chi connectivity index (χ0n) is 16.9. The van der Waals surface area contributed by atoms with Crippen molar-refractivity contribution in [2.24, 2.45) is 0 Å². The maximum Gasteiger partial charge on any atom is 0.160 e. The molecule has 0 fully saturated rings. The van der Waals surface area contributed by atoms with Gasteiger partial charge < -0.3 is 14.4 Å². The fraction of sp³-hybridized carbons (Fsp3) is 0.333. The maximum absolute atomic E-state index is 10.2. The molecule has 0 bridgehead atoms. The summed E-state index contributed by atoms with van der Waals surface area (Å²) in [6, 6.07) is 17.1. The summed E-state index contributed by atoms with van der Waals surface area (Å²) in [6.45, 7) is 7.16. The molecular formula is C24H28N2O2. The van der Waals surface area contributed by atoms with E-state index in [0.717, 1.165) is 31.6 Å². The minimum absolute atomic E-state index is 0.195. The first kappa shape index (κ1) is 18.6. The number of rotatable bonds is 4. The van der Waals surface area contributed by atoms with Crippen molar-refractivity contribution < 1.29 is 9.84 Å². The Bertz CT molecular complexity index is 976. The van der Waals surface area contributed by atoms with Gasteiger partial charge in [-0.05, 0) is 66.8 Å². The minimum Gasteiger partial charge on any atom is -0.504 e. The number of aromatic hydroxyl groups is 1. The van der Waals surface area contributed by atoms with Gasteiger partial charge in [-0.15, -0.1) is 0 Å². The van der Waals surface area contributed by atoms with E-state index in [2.05, 4.69) is 59.8 Å². The Labute approximate surface area is 167 Å². The van der Waals surface area contributed by atoms with Gasteiger partial charge in [0.2, 0.25) is 0 Å². The number of benzene rings is 2. The standard InChI is InChI=1S/C24H28N2O2/c1-17-7-9-20(14-18(17)2)24-21-6-4-11-25(21)12-5-13-26(24)16-19-8-10-23(28-3)22(27)15-19/h4,6-11,14-15,24,27H,5,12-13,16H2,1-3H3. The van der Waals surface area contributed by atoms with Crippen LogP contribution in [-0.2, 0) is 13.1 Å². The van der Waals surface area contributed by atoms with E-state index in [0.29, 0.717) is 5.75 Å². The van der Waals surface area contributed by atoms with E-state index < -0.39 is 0 Å². The number of methoxy groups -OCH3 is 1. The first-order valence-electron chi connectivity index (χ1n) is 9.89. The third-order valence-corrected chi connectivity index (χ3v) is 5.83. The van der Waals surface area contributed by atoms with Crippen molar-refractivity contribution in [3.05, 3.63) is 82.7 Å². The van der Waals surface area contributed by atoms with E-state index >= 15 is 0 Å². The van der Waals surface area contributed by atoms with Crippen LogP contribution in [-0.4, -0.2) is 28.2 Å². The van der Waals surface area contributed by atoms with Crippen molar-refractivity contribution in [2.75, 3.05) is 13.7 Å². The molecule has 1 aliphatic rings. The molecule has 1 N–H and O–H groups in total. The highest BCUT2D eigenvalue weighted by Gasteiger charge is 2.27. The van der Waals surface area contributed by atoms with Crippen LogP contribution < -0.4 is 4.74 Å². The summed E-state index contributed by atoms with van der Waals surface area (Å²) < 4.78 is 7.57. The van der Waals surface area contributed by atoms with E-state index in [-0.39, 0.29) is 11.8 Å². The Balaban J connectivity index is 1.73. The molecular weight excluding hydrogens is 348 g/mol. The molecule has 1 aliphatic heterocycles. The van der Waals surface area contributed by atoms with Crippen LogP contribution in [0.15, 0.2) is 54.7 Å². The van der Waals surface area contributed by atoms with Crippen molar-refractivity contribution in [3.63, 3.8) is 0 Å². The van der Waals surface area contributed by atoms with Gasteiger partial charge >= 0.3 is 0 Å². The number of aromatic nitrogens is 1. The number of fused-ring (bicyclic) bond motifs is 1. The van der Waals surface area contributed by atoms with Gasteiger partial charge in [0, 0.05) is 31.5 Å². The third kappa shape index (κ3) is 3.52. The first-order valence-corrected chi connectivity index (χ1v) is 9.89. The van der Waals surface area contributed by atoms with Crippen molar-refractivity contribution in [2.45, 2.75) is 39.4 Å². The number of ether oxygens (including phenoxy) is 1. The molecule has 0 spiro atoms. The van der Waals surface area contributed by atoms with Gasteiger partial charge in [-0.2, -0.15) is 0 Å². The molecule has 1 aromatic heterocycles. The molecule has 0 saturated carbocycles. The molecule has 0 amide bonds. The summed E-state index contributed by atoms with van der Waals surface area (Å²) in [5.74, 6) is 0.708. The fourth-order valence-corrected chi connectivity index (χ4v) is 4.19. The average molecular weight is 377 g/mol. The van der Waals surface area contributed by atoms with E-state index in [4.69, 9.17) is 4.74 Å². The van der Waals surface area contributed by atoms with Crippen LogP contribution in [0, 0.1) is 13.8 Å². The monoisotopic (exact) mass is 376 g/mol. The van der Waals surface area contributed by atoms with E-state index in [1.165, 1.54) is 22.4 Å². The normalized spacial score (nSPS) is 17.2. The van der Waals surface area contributed by atoms with Crippen molar-refractivity contribution in [1.82, 2.24) is 9.47 Å². The molecule has 2 heterocycles. The molecule has 28 heavy (non-hydrogen) atoms. The van der Waals surface area contributed by atoms with Gasteiger partial charge in [0.1, 0.15) is 0 Å². The zero-order chi connectivity index (χ0) is 19.7. The summed E-state index contributed by atoms with van der Waals surface area (Å²) in [7, 11) is 1.58. The molecule has 0 radical (unpaired) electrons. The molecule has 0 aliphatic carbocycles. The van der Waals surface area contributed by atoms with Gasteiger partial charge in [-0.25, -0.2) is 0 Å². The van der Waals surface area contributed by atoms with Gasteiger partial charge in [0.25, 0.3) is 0 Å². The maximum atomic E-state index is 10.2. The Hall–Kier alpha value is -2.72. The Morgan fingerprint density at radius 1 is 1.04 bits per heavy atom. The molecule has 2 aromatic carbocycles. The molecule has 0 saturated heterocycles. The molecule has 4 nitrogen and oxygen atoms in total. The van der Waals surface area contributed by atoms with Crippen LogP contribution in [0.1, 0.15) is 40.4 Å². The lowest BCUT2D eigenvalue weighted by Gasteiger charge is -2.31. The summed E-state index contributed by atoms with van der Waals surface area (Å²) in [6.07, 6.45) is 3.29. The summed E-state index contributed by atoms with van der Waals surface area (Å²) >= 11 is 0. The van der Waals surface area contributed by atoms with Crippen molar-refractivity contribution >= 4 is 0 Å². The molecule has 4 heteroatoms. The Morgan fingerprint density at radius 2 is 1.89 bits per heavy atom. The average Bonchev–Trinajstić information content (AvgIpc) is 3.06. The lowest BCUT2D eigenvalue weighted by Crippen LogP contribution is -2.29. The van der Waals surface area contributed by atoms with Crippen LogP contribution in [0.25, 0.3) is 0 Å². The predicted octanol–water partition coefficient (Wildman–Crippen LogP) is 4.81. The number of hydrogen-bond acceptors (Lipinski definition) is 3. The quantitative estimate of drug-likeness (QED) is 0.710. The lowest BCUT2D eigenvalue weighted by atomic mass is 9.97. The Morgan fingerprint density at radius 3 is 2.64 bits per heavy atom. The minimum atomic E-state index is 0.195. The fourth-order valence-electron chi connectivity index (χ4n) is 4.19. The number of nitrogens with zero attached hydrogens (tertiary/aromatic N) is 2. The summed E-state index contributed by atoms with van der Waals surface area (Å²) in [4.78, 5) is 2.52. The van der Waals surface area contributed by atoms with Crippen LogP contribution in [0.2, 0.25) is 0 Å². The van der Waals surface area contributed by atoms with E-state index in [1.54, 1.807) is 7.11 Å². The van der Waals surface area contributed by atoms with Gasteiger partial charge in [-0.3, -0.25) is 4.90 Å². The molecule has 146 valence electrons. The molecule has 3 aromatic rings. The highest BCUT2D eigenvalue weighted by molar-refractivity contribution is 5.42. The predicted molar refractivity (Wildman–Crippen MR) is 112 cm³/mol. The number of phenolic OH excluding ortho intramolecular Hbond substituents is 1. The summed E-state index contributed by atoms with van der Waals surface area (Å²) in [5, 5.41) is 10.2. The van der Waals surface area contributed by atoms with Crippen molar-refractivity contribution in [3.8, 4) is 11.5 Å². The Kier molecular flexibility index (Phi) is 5.14. The van der Waals surface area contributed by atoms with Gasteiger partial charge in [-0.1, -0.05) is 24.3 Å². The molecule has 1 atom stereocenters. The van der Waals surface area contributed by atoms with Crippen LogP contribution in [0.3, 0.4) is 0 Å². The topological polar surface area (TPSA) is 37.6 Å². The number of hydrogen-bond donors (Lipinski definition) is 1. The smallest absolute Gasteiger partial charge is 0.160 e. The second kappa shape index (κ2) is 7.72. The van der Waals surface area contributed by atoms with Crippen LogP contribution in [0.4, 0.5) is 0 Å². The summed E-state index contributed by atoms with van der Waals surface area (Å²) in [5.41, 5.74) is 6.38. The van der Waals surface area contributed by atoms with Gasteiger partial charge in [0.05, 0.1) is 13.2 Å². The highest BCUT2D eigenvalue weighted by Crippen LogP contribution is 2.35. The molecule has 4 rings (SSSR count). The number of aryl methyl sites for hydroxylation is 3. The largest absolute Gasteiger partial charge is 0.504 e.